The van der Waals surface area contributed by atoms with Gasteiger partial charge in [-0.1, -0.05) is 0 Å². The van der Waals surface area contributed by atoms with Gasteiger partial charge in [0.25, 0.3) is 0 Å². The molecule has 1 atom stereocenters. The lowest BCUT2D eigenvalue weighted by atomic mass is 10.2. The molecule has 0 saturated carbocycles. The van der Waals surface area contributed by atoms with Gasteiger partial charge in [0.05, 0.1) is 0 Å². The number of rotatable bonds is 6. The van der Waals surface area contributed by atoms with E-state index in [0.29, 0.717) is 0 Å². The first kappa shape index (κ1) is 24.0. The molecule has 1 heterocycles. The first-order chi connectivity index (χ1) is 11.2. The van der Waals surface area contributed by atoms with Gasteiger partial charge >= 0.3 is 6.09 Å². The minimum Gasteiger partial charge on any atom is -0.444 e. The van der Waals surface area contributed by atoms with Gasteiger partial charge in [0.1, 0.15) is 5.60 Å². The Morgan fingerprint density at radius 3 is 2.60 bits per heavy atom. The summed E-state index contributed by atoms with van der Waals surface area (Å²) in [5.41, 5.74) is 0.762. The highest BCUT2D eigenvalue weighted by Gasteiger charge is 2.22. The van der Waals surface area contributed by atoms with Crippen molar-refractivity contribution in [3.8, 4) is 0 Å². The van der Waals surface area contributed by atoms with Crippen molar-refractivity contribution in [2.45, 2.75) is 52.3 Å². The average molecular weight is 482 g/mol. The summed E-state index contributed by atoms with van der Waals surface area (Å²) in [5, 5.41) is 10.7. The molecule has 0 aromatic carbocycles. The summed E-state index contributed by atoms with van der Waals surface area (Å²) in [6.07, 6.45) is 0.504. The van der Waals surface area contributed by atoms with E-state index in [-0.39, 0.29) is 36.1 Å². The van der Waals surface area contributed by atoms with Crippen molar-refractivity contribution in [1.82, 2.24) is 15.5 Å². The molecular formula is C17H31IN4O2S. The van der Waals surface area contributed by atoms with Gasteiger partial charge in [-0.05, 0) is 56.5 Å². The highest BCUT2D eigenvalue weighted by atomic mass is 127. The van der Waals surface area contributed by atoms with Crippen molar-refractivity contribution in [1.29, 1.82) is 0 Å². The molecule has 2 N–H and O–H groups in total. The van der Waals surface area contributed by atoms with E-state index >= 15 is 0 Å². The molecule has 0 aliphatic carbocycles. The van der Waals surface area contributed by atoms with Crippen molar-refractivity contribution in [2.24, 2.45) is 4.99 Å². The Labute approximate surface area is 172 Å². The fraction of sp³-hybridized carbons (Fsp3) is 0.647. The van der Waals surface area contributed by atoms with Gasteiger partial charge in [-0.2, -0.15) is 11.3 Å². The number of carbonyl (C=O) groups is 1. The fourth-order valence-corrected chi connectivity index (χ4v) is 2.58. The van der Waals surface area contributed by atoms with Crippen LogP contribution in [-0.4, -0.2) is 49.2 Å². The summed E-state index contributed by atoms with van der Waals surface area (Å²) < 4.78 is 5.38. The maximum Gasteiger partial charge on any atom is 0.410 e. The molecule has 6 nitrogen and oxygen atoms in total. The number of halogens is 1. The fourth-order valence-electron chi connectivity index (χ4n) is 1.91. The molecule has 1 amide bonds. The molecule has 1 rings (SSSR count). The minimum atomic E-state index is -0.475. The zero-order valence-electron chi connectivity index (χ0n) is 16.0. The molecule has 0 radical (unpaired) electrons. The zero-order valence-corrected chi connectivity index (χ0v) is 19.1. The maximum absolute atomic E-state index is 12.0. The Morgan fingerprint density at radius 1 is 1.40 bits per heavy atom. The number of carbonyl (C=O) groups excluding carboxylic acids is 1. The van der Waals surface area contributed by atoms with Crippen LogP contribution in [-0.2, 0) is 11.3 Å². The van der Waals surface area contributed by atoms with Crippen LogP contribution in [0.4, 0.5) is 4.79 Å². The van der Waals surface area contributed by atoms with Gasteiger partial charge in [0.15, 0.2) is 5.96 Å². The Balaban J connectivity index is 0.00000576. The number of nitrogens with zero attached hydrogens (tertiary/aromatic N) is 2. The predicted octanol–water partition coefficient (Wildman–Crippen LogP) is 3.68. The number of nitrogens with one attached hydrogen (secondary N) is 2. The molecule has 0 fully saturated rings. The van der Waals surface area contributed by atoms with Crippen molar-refractivity contribution in [2.75, 3.05) is 20.6 Å². The van der Waals surface area contributed by atoms with Crippen LogP contribution in [0.3, 0.4) is 0 Å². The molecular weight excluding hydrogens is 451 g/mol. The average Bonchev–Trinajstić information content (AvgIpc) is 3.01. The molecule has 0 bridgehead atoms. The number of amides is 1. The standard InChI is InChI=1S/C17H30N4O2S.HI/c1-13(21(6)16(22)23-17(2,3)4)7-9-19-15(18-5)20-11-14-8-10-24-12-14;/h8,10,12-13H,7,9,11H2,1-6H3,(H2,18,19,20);1H. The molecule has 0 aliphatic rings. The first-order valence-corrected chi connectivity index (χ1v) is 9.08. The van der Waals surface area contributed by atoms with Crippen LogP contribution < -0.4 is 10.6 Å². The predicted molar refractivity (Wildman–Crippen MR) is 116 cm³/mol. The number of hydrogen-bond donors (Lipinski definition) is 2. The molecule has 1 unspecified atom stereocenters. The highest BCUT2D eigenvalue weighted by Crippen LogP contribution is 2.11. The number of ether oxygens (including phenoxy) is 1. The molecule has 8 heteroatoms. The number of guanidine groups is 1. The Morgan fingerprint density at radius 2 is 2.08 bits per heavy atom. The van der Waals surface area contributed by atoms with Crippen molar-refractivity contribution in [3.05, 3.63) is 22.4 Å². The number of aliphatic imine (C=N–C) groups is 1. The van der Waals surface area contributed by atoms with E-state index in [4.69, 9.17) is 4.74 Å². The second-order valence-corrected chi connectivity index (χ2v) is 7.49. The van der Waals surface area contributed by atoms with Crippen LogP contribution >= 0.6 is 35.3 Å². The number of thiophene rings is 1. The Bertz CT molecular complexity index is 529. The smallest absolute Gasteiger partial charge is 0.410 e. The quantitative estimate of drug-likeness (QED) is 0.369. The van der Waals surface area contributed by atoms with Gasteiger partial charge in [0.2, 0.25) is 0 Å². The second-order valence-electron chi connectivity index (χ2n) is 6.71. The lowest BCUT2D eigenvalue weighted by Gasteiger charge is -2.28. The molecule has 0 saturated heterocycles. The van der Waals surface area contributed by atoms with E-state index in [2.05, 4.69) is 32.5 Å². The van der Waals surface area contributed by atoms with E-state index in [1.54, 1.807) is 30.3 Å². The minimum absolute atomic E-state index is 0. The van der Waals surface area contributed by atoms with Crippen LogP contribution in [0.15, 0.2) is 21.8 Å². The Hall–Kier alpha value is -1.03. The summed E-state index contributed by atoms with van der Waals surface area (Å²) in [5.74, 6) is 0.758. The molecule has 0 aliphatic heterocycles. The van der Waals surface area contributed by atoms with E-state index < -0.39 is 5.60 Å². The summed E-state index contributed by atoms with van der Waals surface area (Å²) in [4.78, 5) is 17.9. The van der Waals surface area contributed by atoms with Gasteiger partial charge in [-0.15, -0.1) is 24.0 Å². The summed E-state index contributed by atoms with van der Waals surface area (Å²) in [6.45, 7) is 9.08. The third-order valence-electron chi connectivity index (χ3n) is 3.46. The SMILES string of the molecule is CN=C(NCCC(C)N(C)C(=O)OC(C)(C)C)NCc1ccsc1.I. The van der Waals surface area contributed by atoms with Crippen molar-refractivity contribution in [3.63, 3.8) is 0 Å². The van der Waals surface area contributed by atoms with Crippen LogP contribution in [0.25, 0.3) is 0 Å². The van der Waals surface area contributed by atoms with Gasteiger partial charge in [-0.3, -0.25) is 4.99 Å². The maximum atomic E-state index is 12.0. The third kappa shape index (κ3) is 9.88. The molecule has 144 valence electrons. The van der Waals surface area contributed by atoms with Crippen LogP contribution in [0.1, 0.15) is 39.7 Å². The monoisotopic (exact) mass is 482 g/mol. The largest absolute Gasteiger partial charge is 0.444 e. The Kier molecular flexibility index (Phi) is 11.1. The normalized spacial score (nSPS) is 12.8. The highest BCUT2D eigenvalue weighted by molar-refractivity contribution is 14.0. The molecule has 1 aromatic rings. The second kappa shape index (κ2) is 11.6. The molecule has 0 spiro atoms. The van der Waals surface area contributed by atoms with E-state index in [0.717, 1.165) is 25.5 Å². The lowest BCUT2D eigenvalue weighted by Crippen LogP contribution is -2.42. The van der Waals surface area contributed by atoms with Crippen molar-refractivity contribution < 1.29 is 9.53 Å². The lowest BCUT2D eigenvalue weighted by molar-refractivity contribution is 0.0230. The van der Waals surface area contributed by atoms with Gasteiger partial charge in [0, 0.05) is 33.2 Å². The first-order valence-electron chi connectivity index (χ1n) is 8.14. The zero-order chi connectivity index (χ0) is 18.2. The van der Waals surface area contributed by atoms with E-state index in [1.807, 2.05) is 27.7 Å². The van der Waals surface area contributed by atoms with Crippen molar-refractivity contribution >= 4 is 47.4 Å². The van der Waals surface area contributed by atoms with E-state index in [9.17, 15) is 4.79 Å². The summed E-state index contributed by atoms with van der Waals surface area (Å²) >= 11 is 1.68. The van der Waals surface area contributed by atoms with Crippen LogP contribution in [0.2, 0.25) is 0 Å². The van der Waals surface area contributed by atoms with Crippen LogP contribution in [0.5, 0.6) is 0 Å². The summed E-state index contributed by atoms with van der Waals surface area (Å²) in [7, 11) is 3.52. The van der Waals surface area contributed by atoms with Crippen LogP contribution in [0, 0.1) is 0 Å². The number of hydrogen-bond acceptors (Lipinski definition) is 4. The summed E-state index contributed by atoms with van der Waals surface area (Å²) in [6, 6.07) is 2.16. The third-order valence-corrected chi connectivity index (χ3v) is 4.19. The van der Waals surface area contributed by atoms with Gasteiger partial charge < -0.3 is 20.3 Å². The van der Waals surface area contributed by atoms with E-state index in [1.165, 1.54) is 5.56 Å². The van der Waals surface area contributed by atoms with Gasteiger partial charge in [-0.25, -0.2) is 4.79 Å². The topological polar surface area (TPSA) is 66.0 Å². The molecule has 25 heavy (non-hydrogen) atoms. The molecule has 1 aromatic heterocycles.